The van der Waals surface area contributed by atoms with Gasteiger partial charge >= 0.3 is 13.3 Å². The van der Waals surface area contributed by atoms with Gasteiger partial charge in [-0.25, -0.2) is 4.79 Å². The third-order valence-electron chi connectivity index (χ3n) is 6.51. The molecule has 0 radical (unpaired) electrons. The summed E-state index contributed by atoms with van der Waals surface area (Å²) in [5.41, 5.74) is 5.00. The van der Waals surface area contributed by atoms with Crippen molar-refractivity contribution in [1.29, 1.82) is 0 Å². The highest BCUT2D eigenvalue weighted by Crippen LogP contribution is 2.42. The van der Waals surface area contributed by atoms with E-state index in [1.54, 1.807) is 0 Å². The van der Waals surface area contributed by atoms with Gasteiger partial charge in [-0.3, -0.25) is 13.7 Å². The second-order valence-electron chi connectivity index (χ2n) is 10.0. The highest BCUT2D eigenvalue weighted by Gasteiger charge is 2.37. The van der Waals surface area contributed by atoms with Gasteiger partial charge in [-0.1, -0.05) is 118 Å². The third kappa shape index (κ3) is 21.4. The Kier molecular flexibility index (Phi) is 29.0. The highest BCUT2D eigenvalue weighted by molar-refractivity contribution is 7.51. The van der Waals surface area contributed by atoms with Crippen molar-refractivity contribution in [3.8, 4) is 0 Å². The van der Waals surface area contributed by atoms with Crippen molar-refractivity contribution in [2.45, 2.75) is 143 Å². The van der Waals surface area contributed by atoms with Crippen LogP contribution in [0.5, 0.6) is 0 Å². The van der Waals surface area contributed by atoms with Crippen molar-refractivity contribution in [3.05, 3.63) is 22.7 Å². The summed E-state index contributed by atoms with van der Waals surface area (Å²) < 4.78 is 35.6. The van der Waals surface area contributed by atoms with Crippen LogP contribution < -0.4 is 11.4 Å². The Bertz CT molecular complexity index is 835. The summed E-state index contributed by atoms with van der Waals surface area (Å²) in [6.07, 6.45) is 15.9. The molecule has 0 amide bonds. The van der Waals surface area contributed by atoms with Crippen molar-refractivity contribution in [2.24, 2.45) is 0 Å². The molecule has 0 saturated carbocycles. The summed E-state index contributed by atoms with van der Waals surface area (Å²) in [6.45, 7) is 11.7. The lowest BCUT2D eigenvalue weighted by atomic mass is 10.0. The second kappa shape index (κ2) is 28.5. The standard InChI is InChI=1S/C27H52N3O7P.2C2H6/c1-5-6-7-8-9-10-11-12-13-14-15-16-17-18-21-36-26(30-20-19-24(28)29-27(30)31)25(37-38(4,32)33)23(35-3)22-34-2;2*1-2/h19-20,23,25-26H,5-18,21-22H2,1-4H3,(H,32,33)(H2,28,29,31);2*1-2H3. The Hall–Kier alpha value is -1.29. The Morgan fingerprint density at radius 3 is 1.79 bits per heavy atom. The summed E-state index contributed by atoms with van der Waals surface area (Å²) in [5.74, 6) is 0.0675. The summed E-state index contributed by atoms with van der Waals surface area (Å²) in [7, 11) is -1.04. The maximum atomic E-state index is 12.6. The number of anilines is 1. The zero-order chi connectivity index (χ0) is 32.2. The van der Waals surface area contributed by atoms with Gasteiger partial charge in [-0.15, -0.1) is 0 Å². The van der Waals surface area contributed by atoms with Gasteiger partial charge in [0.2, 0.25) is 0 Å². The molecule has 3 N–H and O–H groups in total. The van der Waals surface area contributed by atoms with Crippen LogP contribution in [0.1, 0.15) is 131 Å². The first kappa shape index (κ1) is 42.8. The largest absolute Gasteiger partial charge is 0.383 e. The lowest BCUT2D eigenvalue weighted by Crippen LogP contribution is -2.45. The first-order valence-corrected chi connectivity index (χ1v) is 18.2. The fourth-order valence-electron chi connectivity index (χ4n) is 4.44. The van der Waals surface area contributed by atoms with E-state index in [-0.39, 0.29) is 12.4 Å². The third-order valence-corrected chi connectivity index (χ3v) is 7.15. The maximum absolute atomic E-state index is 12.6. The van der Waals surface area contributed by atoms with E-state index in [1.165, 1.54) is 102 Å². The molecule has 42 heavy (non-hydrogen) atoms. The predicted octanol–water partition coefficient (Wildman–Crippen LogP) is 7.74. The molecule has 0 aliphatic carbocycles. The van der Waals surface area contributed by atoms with Crippen molar-refractivity contribution < 1.29 is 28.2 Å². The monoisotopic (exact) mass is 621 g/mol. The van der Waals surface area contributed by atoms with Crippen molar-refractivity contribution in [1.82, 2.24) is 9.55 Å². The number of nitrogens with zero attached hydrogens (tertiary/aromatic N) is 2. The van der Waals surface area contributed by atoms with Gasteiger partial charge in [0.05, 0.1) is 6.61 Å². The molecule has 0 aromatic carbocycles. The molecule has 11 heteroatoms. The molecule has 4 unspecified atom stereocenters. The number of unbranched alkanes of at least 4 members (excludes halogenated alkanes) is 13. The van der Waals surface area contributed by atoms with E-state index < -0.39 is 31.7 Å². The van der Waals surface area contributed by atoms with Crippen LogP contribution in [-0.4, -0.2) is 60.8 Å². The number of hydrogen-bond donors (Lipinski definition) is 2. The lowest BCUT2D eigenvalue weighted by Gasteiger charge is -2.33. The van der Waals surface area contributed by atoms with E-state index in [0.29, 0.717) is 6.61 Å². The van der Waals surface area contributed by atoms with E-state index in [9.17, 15) is 14.3 Å². The van der Waals surface area contributed by atoms with Crippen LogP contribution in [0.2, 0.25) is 0 Å². The van der Waals surface area contributed by atoms with E-state index in [1.807, 2.05) is 27.7 Å². The van der Waals surface area contributed by atoms with E-state index in [2.05, 4.69) is 11.9 Å². The lowest BCUT2D eigenvalue weighted by molar-refractivity contribution is -0.138. The minimum absolute atomic E-state index is 0.0665. The quantitative estimate of drug-likeness (QED) is 0.0877. The minimum atomic E-state index is -3.96. The number of ether oxygens (including phenoxy) is 3. The molecule has 0 spiro atoms. The fraction of sp³-hybridized carbons (Fsp3) is 0.871. The summed E-state index contributed by atoms with van der Waals surface area (Å²) in [4.78, 5) is 26.4. The molecule has 250 valence electrons. The molecule has 0 fully saturated rings. The number of rotatable bonds is 24. The topological polar surface area (TPSA) is 135 Å². The van der Waals surface area contributed by atoms with E-state index in [4.69, 9.17) is 24.5 Å². The zero-order valence-corrected chi connectivity index (χ0v) is 28.9. The zero-order valence-electron chi connectivity index (χ0n) is 28.0. The van der Waals surface area contributed by atoms with Crippen LogP contribution in [-0.2, 0) is 23.3 Å². The van der Waals surface area contributed by atoms with Gasteiger partial charge in [0.15, 0.2) is 6.23 Å². The van der Waals surface area contributed by atoms with Crippen LogP contribution in [0.3, 0.4) is 0 Å². The Balaban J connectivity index is 0. The second-order valence-corrected chi connectivity index (χ2v) is 11.8. The number of methoxy groups -OCH3 is 2. The number of hydrogen-bond acceptors (Lipinski definition) is 8. The van der Waals surface area contributed by atoms with Crippen LogP contribution in [0, 0.1) is 0 Å². The molecular formula is C31H64N3O7P. The first-order valence-electron chi connectivity index (χ1n) is 16.2. The molecule has 1 heterocycles. The predicted molar refractivity (Wildman–Crippen MR) is 174 cm³/mol. The molecular weight excluding hydrogens is 557 g/mol. The Morgan fingerprint density at radius 1 is 0.905 bits per heavy atom. The molecule has 0 aliphatic heterocycles. The molecule has 1 aromatic rings. The fourth-order valence-corrected chi connectivity index (χ4v) is 5.14. The van der Waals surface area contributed by atoms with Gasteiger partial charge in [0.1, 0.15) is 18.0 Å². The molecule has 0 bridgehead atoms. The molecule has 1 aromatic heterocycles. The van der Waals surface area contributed by atoms with Gasteiger partial charge in [0, 0.05) is 33.7 Å². The normalized spacial score (nSPS) is 14.5. The number of nitrogen functional groups attached to an aromatic ring is 1. The molecule has 1 rings (SSSR count). The average Bonchev–Trinajstić information content (AvgIpc) is 2.97. The minimum Gasteiger partial charge on any atom is -0.383 e. The molecule has 0 aliphatic rings. The first-order chi connectivity index (χ1) is 20.2. The molecule has 10 nitrogen and oxygen atoms in total. The van der Waals surface area contributed by atoms with Gasteiger partial charge in [-0.05, 0) is 12.5 Å². The summed E-state index contributed by atoms with van der Waals surface area (Å²) >= 11 is 0. The van der Waals surface area contributed by atoms with Crippen LogP contribution >= 0.6 is 7.60 Å². The van der Waals surface area contributed by atoms with E-state index in [0.717, 1.165) is 25.9 Å². The summed E-state index contributed by atoms with van der Waals surface area (Å²) in [5, 5.41) is 0. The van der Waals surface area contributed by atoms with Crippen molar-refractivity contribution >= 4 is 13.4 Å². The SMILES string of the molecule is CC.CC.CCCCCCCCCCCCCCCCOC(C(OP(C)(=O)O)C(COC)OC)n1ccc(N)nc1=O. The van der Waals surface area contributed by atoms with Crippen LogP contribution in [0.15, 0.2) is 17.1 Å². The smallest absolute Gasteiger partial charge is 0.351 e. The molecule has 0 saturated heterocycles. The summed E-state index contributed by atoms with van der Waals surface area (Å²) in [6, 6.07) is 1.46. The van der Waals surface area contributed by atoms with Gasteiger partial charge in [-0.2, -0.15) is 4.98 Å². The van der Waals surface area contributed by atoms with E-state index >= 15 is 0 Å². The van der Waals surface area contributed by atoms with Crippen LogP contribution in [0.25, 0.3) is 0 Å². The van der Waals surface area contributed by atoms with Crippen molar-refractivity contribution in [3.63, 3.8) is 0 Å². The van der Waals surface area contributed by atoms with Crippen LogP contribution in [0.4, 0.5) is 5.82 Å². The Labute approximate surface area is 256 Å². The number of aromatic nitrogens is 2. The number of nitrogens with two attached hydrogens (primary N) is 1. The van der Waals surface area contributed by atoms with Gasteiger partial charge < -0.3 is 24.8 Å². The highest BCUT2D eigenvalue weighted by atomic mass is 31.2. The Morgan fingerprint density at radius 2 is 1.38 bits per heavy atom. The van der Waals surface area contributed by atoms with Gasteiger partial charge in [0.25, 0.3) is 0 Å². The van der Waals surface area contributed by atoms with Crippen molar-refractivity contribution in [2.75, 3.05) is 39.8 Å². The molecule has 4 atom stereocenters. The maximum Gasteiger partial charge on any atom is 0.351 e. The average molecular weight is 622 g/mol.